The third-order valence-corrected chi connectivity index (χ3v) is 2.55. The van der Waals surface area contributed by atoms with Crippen molar-refractivity contribution in [1.82, 2.24) is 5.32 Å². The van der Waals surface area contributed by atoms with E-state index in [1.807, 2.05) is 19.1 Å². The van der Waals surface area contributed by atoms with Gasteiger partial charge >= 0.3 is 0 Å². The minimum Gasteiger partial charge on any atom is -0.465 e. The molecule has 1 aliphatic rings. The van der Waals surface area contributed by atoms with Crippen molar-refractivity contribution in [3.05, 3.63) is 23.7 Å². The van der Waals surface area contributed by atoms with E-state index in [2.05, 4.69) is 11.4 Å². The van der Waals surface area contributed by atoms with Gasteiger partial charge in [-0.25, -0.2) is 0 Å². The summed E-state index contributed by atoms with van der Waals surface area (Å²) in [5.74, 6) is 1.81. The van der Waals surface area contributed by atoms with E-state index in [0.717, 1.165) is 11.5 Å². The number of nitrogens with zero attached hydrogens (tertiary/aromatic N) is 1. The minimum atomic E-state index is -0.318. The molecular weight excluding hydrogens is 192 g/mol. The predicted molar refractivity (Wildman–Crippen MR) is 54.0 cm³/mol. The number of nitriles is 1. The van der Waals surface area contributed by atoms with E-state index < -0.39 is 0 Å². The average Bonchev–Trinajstić information content (AvgIpc) is 2.56. The fourth-order valence-corrected chi connectivity index (χ4v) is 1.56. The molecule has 0 amide bonds. The highest BCUT2D eigenvalue weighted by Gasteiger charge is 2.38. The monoisotopic (exact) mass is 206 g/mol. The molecule has 0 unspecified atom stereocenters. The standard InChI is InChI=1S/C11H14N2O2/c1-9-2-3-10(15-9)4-13-6-11(5-12)7-14-8-11/h2-3,13H,4,6-8H2,1H3. The lowest BCUT2D eigenvalue weighted by Gasteiger charge is -2.34. The molecule has 1 N–H and O–H groups in total. The van der Waals surface area contributed by atoms with Crippen molar-refractivity contribution in [3.8, 4) is 6.07 Å². The summed E-state index contributed by atoms with van der Waals surface area (Å²) in [5.41, 5.74) is -0.318. The molecule has 0 radical (unpaired) electrons. The van der Waals surface area contributed by atoms with Crippen LogP contribution in [0, 0.1) is 23.7 Å². The van der Waals surface area contributed by atoms with Crippen molar-refractivity contribution in [3.63, 3.8) is 0 Å². The summed E-state index contributed by atoms with van der Waals surface area (Å²) in [6, 6.07) is 6.17. The summed E-state index contributed by atoms with van der Waals surface area (Å²) >= 11 is 0. The van der Waals surface area contributed by atoms with Crippen LogP contribution in [0.15, 0.2) is 16.5 Å². The molecule has 0 saturated carbocycles. The van der Waals surface area contributed by atoms with Gasteiger partial charge in [-0.3, -0.25) is 0 Å². The molecule has 0 atom stereocenters. The third-order valence-electron chi connectivity index (χ3n) is 2.55. The van der Waals surface area contributed by atoms with E-state index in [1.54, 1.807) is 0 Å². The van der Waals surface area contributed by atoms with E-state index >= 15 is 0 Å². The van der Waals surface area contributed by atoms with Gasteiger partial charge in [0.2, 0.25) is 0 Å². The van der Waals surface area contributed by atoms with E-state index in [9.17, 15) is 0 Å². The zero-order valence-corrected chi connectivity index (χ0v) is 8.75. The van der Waals surface area contributed by atoms with Gasteiger partial charge in [0.05, 0.1) is 25.8 Å². The first-order valence-electron chi connectivity index (χ1n) is 4.99. The van der Waals surface area contributed by atoms with Gasteiger partial charge < -0.3 is 14.5 Å². The molecule has 1 aromatic heterocycles. The molecule has 80 valence electrons. The second-order valence-corrected chi connectivity index (χ2v) is 4.00. The minimum absolute atomic E-state index is 0.318. The van der Waals surface area contributed by atoms with Gasteiger partial charge in [-0.05, 0) is 19.1 Å². The number of ether oxygens (including phenoxy) is 1. The van der Waals surface area contributed by atoms with E-state index in [-0.39, 0.29) is 5.41 Å². The number of hydrogen-bond donors (Lipinski definition) is 1. The molecule has 2 heterocycles. The first kappa shape index (κ1) is 10.2. The van der Waals surface area contributed by atoms with Crippen LogP contribution in [-0.4, -0.2) is 19.8 Å². The third kappa shape index (κ3) is 2.20. The Morgan fingerprint density at radius 2 is 2.33 bits per heavy atom. The van der Waals surface area contributed by atoms with Crippen LogP contribution in [-0.2, 0) is 11.3 Å². The van der Waals surface area contributed by atoms with Gasteiger partial charge in [0.1, 0.15) is 16.9 Å². The molecule has 4 heteroatoms. The predicted octanol–water partition coefficient (Wildman–Crippen LogP) is 1.22. The second kappa shape index (κ2) is 4.05. The van der Waals surface area contributed by atoms with Crippen molar-refractivity contribution in [2.75, 3.05) is 19.8 Å². The summed E-state index contributed by atoms with van der Waals surface area (Å²) in [4.78, 5) is 0. The Morgan fingerprint density at radius 3 is 2.80 bits per heavy atom. The number of aryl methyl sites for hydroxylation is 1. The molecule has 1 saturated heterocycles. The summed E-state index contributed by atoms with van der Waals surface area (Å²) in [7, 11) is 0. The van der Waals surface area contributed by atoms with Crippen molar-refractivity contribution >= 4 is 0 Å². The Hall–Kier alpha value is -1.31. The fourth-order valence-electron chi connectivity index (χ4n) is 1.56. The molecule has 0 spiro atoms. The number of rotatable bonds is 4. The van der Waals surface area contributed by atoms with Crippen LogP contribution in [0.2, 0.25) is 0 Å². The number of nitrogens with one attached hydrogen (secondary N) is 1. The lowest BCUT2D eigenvalue weighted by molar-refractivity contribution is -0.0756. The van der Waals surface area contributed by atoms with Crippen molar-refractivity contribution < 1.29 is 9.15 Å². The highest BCUT2D eigenvalue weighted by molar-refractivity contribution is 5.07. The van der Waals surface area contributed by atoms with Crippen LogP contribution >= 0.6 is 0 Å². The van der Waals surface area contributed by atoms with Crippen molar-refractivity contribution in [2.45, 2.75) is 13.5 Å². The van der Waals surface area contributed by atoms with Crippen LogP contribution in [0.5, 0.6) is 0 Å². The maximum atomic E-state index is 8.94. The quantitative estimate of drug-likeness (QED) is 0.804. The van der Waals surface area contributed by atoms with Crippen molar-refractivity contribution in [2.24, 2.45) is 5.41 Å². The van der Waals surface area contributed by atoms with Gasteiger partial charge in [0.25, 0.3) is 0 Å². The molecular formula is C11H14N2O2. The van der Waals surface area contributed by atoms with Crippen LogP contribution in [0.3, 0.4) is 0 Å². The molecule has 4 nitrogen and oxygen atoms in total. The van der Waals surface area contributed by atoms with E-state index in [1.165, 1.54) is 0 Å². The lowest BCUT2D eigenvalue weighted by atomic mass is 9.88. The van der Waals surface area contributed by atoms with Gasteiger partial charge in [-0.1, -0.05) is 0 Å². The summed E-state index contributed by atoms with van der Waals surface area (Å²) in [6.07, 6.45) is 0. The van der Waals surface area contributed by atoms with Crippen molar-refractivity contribution in [1.29, 1.82) is 5.26 Å². The summed E-state index contributed by atoms with van der Waals surface area (Å²) in [5, 5.41) is 12.2. The van der Waals surface area contributed by atoms with Gasteiger partial charge in [-0.15, -0.1) is 0 Å². The summed E-state index contributed by atoms with van der Waals surface area (Å²) in [6.45, 7) is 4.31. The maximum absolute atomic E-state index is 8.94. The number of hydrogen-bond acceptors (Lipinski definition) is 4. The SMILES string of the molecule is Cc1ccc(CNCC2(C#N)COC2)o1. The van der Waals surface area contributed by atoms with E-state index in [0.29, 0.717) is 26.3 Å². The molecule has 1 aromatic rings. The molecule has 0 aromatic carbocycles. The zero-order chi connectivity index (χ0) is 10.7. The molecule has 0 aliphatic carbocycles. The first-order chi connectivity index (χ1) is 7.24. The maximum Gasteiger partial charge on any atom is 0.117 e. The summed E-state index contributed by atoms with van der Waals surface area (Å²) < 4.78 is 10.5. The lowest BCUT2D eigenvalue weighted by Crippen LogP contribution is -2.48. The van der Waals surface area contributed by atoms with Gasteiger partial charge in [0, 0.05) is 6.54 Å². The van der Waals surface area contributed by atoms with E-state index in [4.69, 9.17) is 14.4 Å². The number of furan rings is 1. The Kier molecular flexibility index (Phi) is 2.76. The highest BCUT2D eigenvalue weighted by atomic mass is 16.5. The molecule has 0 bridgehead atoms. The van der Waals surface area contributed by atoms with Crippen LogP contribution in [0.1, 0.15) is 11.5 Å². The molecule has 1 aliphatic heterocycles. The Morgan fingerprint density at radius 1 is 1.53 bits per heavy atom. The first-order valence-corrected chi connectivity index (χ1v) is 4.99. The fraction of sp³-hybridized carbons (Fsp3) is 0.545. The smallest absolute Gasteiger partial charge is 0.117 e. The highest BCUT2D eigenvalue weighted by Crippen LogP contribution is 2.25. The topological polar surface area (TPSA) is 58.2 Å². The van der Waals surface area contributed by atoms with Gasteiger partial charge in [0.15, 0.2) is 0 Å². The second-order valence-electron chi connectivity index (χ2n) is 4.00. The van der Waals surface area contributed by atoms with Crippen LogP contribution in [0.25, 0.3) is 0 Å². The Bertz CT molecular complexity index is 374. The molecule has 1 fully saturated rings. The van der Waals surface area contributed by atoms with Crippen LogP contribution < -0.4 is 5.32 Å². The molecule has 15 heavy (non-hydrogen) atoms. The normalized spacial score (nSPS) is 18.1. The van der Waals surface area contributed by atoms with Gasteiger partial charge in [-0.2, -0.15) is 5.26 Å². The largest absolute Gasteiger partial charge is 0.465 e. The molecule has 2 rings (SSSR count). The van der Waals surface area contributed by atoms with Crippen LogP contribution in [0.4, 0.5) is 0 Å². The Balaban J connectivity index is 1.78. The zero-order valence-electron chi connectivity index (χ0n) is 8.75. The Labute approximate surface area is 88.8 Å². The average molecular weight is 206 g/mol.